The minimum absolute atomic E-state index is 0. The van der Waals surface area contributed by atoms with E-state index in [4.69, 9.17) is 25.7 Å². The molecule has 2 aromatic carbocycles. The molecule has 0 heterocycles. The number of nitro benzene ring substituents is 1. The first kappa shape index (κ1) is 60.9. The average molecular weight is 1040 g/mol. The minimum Gasteiger partial charge on any atom is -0.444 e. The first-order valence-corrected chi connectivity index (χ1v) is 26.6. The number of nitrogens with zero attached hydrogens (tertiary/aromatic N) is 1. The van der Waals surface area contributed by atoms with E-state index in [1.54, 1.807) is 12.1 Å². The summed E-state index contributed by atoms with van der Waals surface area (Å²) in [7, 11) is 0. The van der Waals surface area contributed by atoms with Crippen molar-refractivity contribution in [1.82, 2.24) is 16.0 Å². The zero-order chi connectivity index (χ0) is 53.7. The van der Waals surface area contributed by atoms with Gasteiger partial charge in [-0.1, -0.05) is 58.1 Å². The van der Waals surface area contributed by atoms with Crippen molar-refractivity contribution in [3.63, 3.8) is 0 Å². The number of anilines is 3. The van der Waals surface area contributed by atoms with Crippen molar-refractivity contribution in [2.75, 3.05) is 16.4 Å². The Hall–Kier alpha value is -5.65. The van der Waals surface area contributed by atoms with Crippen LogP contribution in [0.5, 0.6) is 0 Å². The van der Waals surface area contributed by atoms with Gasteiger partial charge in [0.05, 0.1) is 16.3 Å². The summed E-state index contributed by atoms with van der Waals surface area (Å²) in [5, 5.41) is 26.7. The van der Waals surface area contributed by atoms with Gasteiger partial charge in [0.25, 0.3) is 5.69 Å². The number of nitrogens with one attached hydrogen (secondary N) is 5. The number of carbonyl (C=O) groups is 5. The van der Waals surface area contributed by atoms with Gasteiger partial charge >= 0.3 is 18.3 Å². The summed E-state index contributed by atoms with van der Waals surface area (Å²) in [5.74, 6) is 0.853. The van der Waals surface area contributed by atoms with Crippen LogP contribution < -0.4 is 38.1 Å². The quantitative estimate of drug-likeness (QED) is 0.0402. The van der Waals surface area contributed by atoms with Gasteiger partial charge in [-0.3, -0.25) is 19.7 Å². The Kier molecular flexibility index (Phi) is 22.4. The van der Waals surface area contributed by atoms with Crippen LogP contribution in [-0.2, 0) is 36.6 Å². The summed E-state index contributed by atoms with van der Waals surface area (Å²) in [5.41, 5.74) is 14.0. The third-order valence-corrected chi connectivity index (χ3v) is 13.6. The van der Waals surface area contributed by atoms with Crippen molar-refractivity contribution >= 4 is 52.6 Å². The van der Waals surface area contributed by atoms with Crippen LogP contribution in [0.25, 0.3) is 0 Å². The van der Waals surface area contributed by atoms with Gasteiger partial charge in [-0.15, -0.1) is 0 Å². The molecule has 74 heavy (non-hydrogen) atoms. The van der Waals surface area contributed by atoms with Crippen LogP contribution in [0.2, 0.25) is 0 Å². The lowest BCUT2D eigenvalue weighted by Crippen LogP contribution is -2.51. The molecule has 0 aliphatic heterocycles. The molecule has 0 bridgehead atoms. The zero-order valence-corrected chi connectivity index (χ0v) is 45.0. The van der Waals surface area contributed by atoms with Gasteiger partial charge in [0.1, 0.15) is 34.1 Å². The van der Waals surface area contributed by atoms with Crippen molar-refractivity contribution < 1.29 is 43.1 Å². The Morgan fingerprint density at radius 3 is 1.26 bits per heavy atom. The highest BCUT2D eigenvalue weighted by molar-refractivity contribution is 5.85. The lowest BCUT2D eigenvalue weighted by Gasteiger charge is -2.37. The molecule has 5 aliphatic carbocycles. The molecule has 0 unspecified atom stereocenters. The van der Waals surface area contributed by atoms with E-state index in [0.29, 0.717) is 42.0 Å². The van der Waals surface area contributed by atoms with E-state index in [-0.39, 0.29) is 85.6 Å². The molecule has 7 rings (SSSR count). The molecule has 3 amide bonds. The molecule has 0 atom stereocenters. The number of nitrogens with two attached hydrogens (primary N) is 2. The van der Waals surface area contributed by atoms with Gasteiger partial charge in [0, 0.05) is 67.0 Å². The summed E-state index contributed by atoms with van der Waals surface area (Å²) in [4.78, 5) is 71.1. The molecule has 0 aromatic heterocycles. The molecule has 5 aliphatic rings. The Morgan fingerprint density at radius 2 is 0.905 bits per heavy atom. The van der Waals surface area contributed by atoms with E-state index in [9.17, 15) is 34.1 Å². The summed E-state index contributed by atoms with van der Waals surface area (Å²) >= 11 is 0. The molecular weight excluding hydrogens is 945 g/mol. The number of hydrogen-bond acceptors (Lipinski definition) is 14. The predicted molar refractivity (Wildman–Crippen MR) is 291 cm³/mol. The van der Waals surface area contributed by atoms with Gasteiger partial charge in [0.2, 0.25) is 0 Å². The van der Waals surface area contributed by atoms with Crippen LogP contribution in [0, 0.1) is 22.0 Å². The van der Waals surface area contributed by atoms with Gasteiger partial charge in [0.15, 0.2) is 0 Å². The summed E-state index contributed by atoms with van der Waals surface area (Å²) in [6.07, 6.45) is 15.2. The topological polar surface area (TPSA) is 268 Å². The number of rotatable bonds is 14. The fourth-order valence-electron chi connectivity index (χ4n) is 9.70. The van der Waals surface area contributed by atoms with Crippen LogP contribution in [-0.4, -0.2) is 87.8 Å². The standard InChI is InChI=1S/C23H33N3O5.C23H35N3O3.C9H18N2O2.CH4/c1-23(2,3)31-22(28)25-18-13-17(14-18)24-19-10-9-15(11-20(19)26(29)30)12-21(27)16-7-5-4-6-8-16;1-23(2,3)29-22(28)26-18-13-17(14-18)25-20-10-9-15(11-19(20)24)12-21(27)16-7-5-4-6-8-16;1-9(2,3)13-8(12)11-7-4-6(10)5-7;/h9-11,16-18,24H,4-8,12-14H2,1-3H3,(H,25,28);9-11,16-18,25H,4-8,12-14,24H2,1-3H3,(H,26,28);6-7H,4-5,10H2,1-3H3,(H,11,12);1H4. The maximum absolute atomic E-state index is 12.5. The fourth-order valence-corrected chi connectivity index (χ4v) is 9.70. The summed E-state index contributed by atoms with van der Waals surface area (Å²) < 4.78 is 15.6. The van der Waals surface area contributed by atoms with Crippen LogP contribution >= 0.6 is 0 Å². The fraction of sp³-hybridized carbons (Fsp3) is 0.696. The number of carbonyl (C=O) groups excluding carboxylic acids is 5. The maximum atomic E-state index is 12.5. The van der Waals surface area contributed by atoms with Crippen molar-refractivity contribution in [1.29, 1.82) is 0 Å². The Labute approximate surface area is 440 Å². The predicted octanol–water partition coefficient (Wildman–Crippen LogP) is 10.8. The Morgan fingerprint density at radius 1 is 0.554 bits per heavy atom. The molecule has 9 N–H and O–H groups in total. The Bertz CT molecular complexity index is 2190. The molecule has 414 valence electrons. The van der Waals surface area contributed by atoms with E-state index < -0.39 is 27.8 Å². The second-order valence-electron chi connectivity index (χ2n) is 23.9. The average Bonchev–Trinajstić information content (AvgIpc) is 3.24. The zero-order valence-electron chi connectivity index (χ0n) is 45.0. The molecule has 5 fully saturated rings. The number of ketones is 2. The van der Waals surface area contributed by atoms with E-state index in [2.05, 4.69) is 26.6 Å². The summed E-state index contributed by atoms with van der Waals surface area (Å²) in [6.45, 7) is 16.5. The Balaban J connectivity index is 0.000000257. The number of hydrogen-bond donors (Lipinski definition) is 7. The number of nitrogen functional groups attached to an aromatic ring is 1. The third kappa shape index (κ3) is 21.3. The van der Waals surface area contributed by atoms with Crippen molar-refractivity contribution in [2.45, 2.75) is 238 Å². The highest BCUT2D eigenvalue weighted by atomic mass is 16.6. The van der Waals surface area contributed by atoms with E-state index >= 15 is 0 Å². The second-order valence-corrected chi connectivity index (χ2v) is 23.9. The van der Waals surface area contributed by atoms with Crippen molar-refractivity contribution in [2.24, 2.45) is 17.6 Å². The molecular formula is C56H90N8O10. The normalized spacial score (nSPS) is 22.7. The first-order valence-electron chi connectivity index (χ1n) is 26.6. The molecule has 0 radical (unpaired) electrons. The SMILES string of the molecule is C.CC(C)(C)OC(=O)NC1CC(N)C1.CC(C)(C)OC(=O)NC1CC(Nc2ccc(CC(=O)C3CCCCC3)cc2N)C1.CC(C)(C)OC(=O)NC1CC(Nc2ccc(CC(=O)C3CCCCC3)cc2[N+](=O)[O-])C1. The number of amides is 3. The summed E-state index contributed by atoms with van der Waals surface area (Å²) in [6, 6.07) is 11.7. The molecule has 0 spiro atoms. The monoisotopic (exact) mass is 1030 g/mol. The van der Waals surface area contributed by atoms with E-state index in [1.165, 1.54) is 31.7 Å². The number of ether oxygens (including phenoxy) is 3. The van der Waals surface area contributed by atoms with Crippen LogP contribution in [0.15, 0.2) is 36.4 Å². The van der Waals surface area contributed by atoms with E-state index in [0.717, 1.165) is 75.5 Å². The molecule has 18 heteroatoms. The number of benzene rings is 2. The highest BCUT2D eigenvalue weighted by Crippen LogP contribution is 2.34. The lowest BCUT2D eigenvalue weighted by atomic mass is 9.84. The minimum atomic E-state index is -0.549. The number of nitro groups is 1. The molecule has 0 saturated heterocycles. The van der Waals surface area contributed by atoms with Gasteiger partial charge in [-0.2, -0.15) is 0 Å². The van der Waals surface area contributed by atoms with Crippen LogP contribution in [0.3, 0.4) is 0 Å². The van der Waals surface area contributed by atoms with E-state index in [1.807, 2.05) is 80.5 Å². The highest BCUT2D eigenvalue weighted by Gasteiger charge is 2.35. The second kappa shape index (κ2) is 27.2. The smallest absolute Gasteiger partial charge is 0.407 e. The number of alkyl carbamates (subject to hydrolysis) is 3. The van der Waals surface area contributed by atoms with Gasteiger partial charge < -0.3 is 52.3 Å². The molecule has 5 saturated carbocycles. The number of Topliss-reactive ketones (excluding diaryl/α,β-unsaturated/α-hetero) is 2. The van der Waals surface area contributed by atoms with Crippen molar-refractivity contribution in [3.05, 3.63) is 57.6 Å². The largest absolute Gasteiger partial charge is 0.444 e. The van der Waals surface area contributed by atoms with Crippen LogP contribution in [0.4, 0.5) is 37.1 Å². The van der Waals surface area contributed by atoms with Crippen LogP contribution in [0.1, 0.15) is 184 Å². The van der Waals surface area contributed by atoms with Gasteiger partial charge in [-0.05, 0) is 156 Å². The first-order chi connectivity index (χ1) is 34.2. The maximum Gasteiger partial charge on any atom is 0.407 e. The van der Waals surface area contributed by atoms with Crippen molar-refractivity contribution in [3.8, 4) is 0 Å². The molecule has 2 aromatic rings. The molecule has 18 nitrogen and oxygen atoms in total. The third-order valence-electron chi connectivity index (χ3n) is 13.6. The van der Waals surface area contributed by atoms with Gasteiger partial charge in [-0.25, -0.2) is 14.4 Å². The lowest BCUT2D eigenvalue weighted by molar-refractivity contribution is -0.384.